The van der Waals surface area contributed by atoms with Gasteiger partial charge in [0.1, 0.15) is 5.56 Å². The van der Waals surface area contributed by atoms with E-state index in [1.165, 1.54) is 6.20 Å². The maximum absolute atomic E-state index is 12.3. The second-order valence-corrected chi connectivity index (χ2v) is 4.89. The Hall–Kier alpha value is -0.580. The molecule has 0 saturated carbocycles. The van der Waals surface area contributed by atoms with Gasteiger partial charge in [0.2, 0.25) is 5.88 Å². The van der Waals surface area contributed by atoms with E-state index in [4.69, 9.17) is 4.74 Å². The quantitative estimate of drug-likeness (QED) is 0.396. The first-order valence-electron chi connectivity index (χ1n) is 4.96. The van der Waals surface area contributed by atoms with Crippen LogP contribution in [0.1, 0.15) is 22.8 Å². The average molecular weight is 454 g/mol. The predicted molar refractivity (Wildman–Crippen MR) is 72.2 cm³/mol. The van der Waals surface area contributed by atoms with Crippen LogP contribution in [-0.2, 0) is 10.1 Å². The van der Waals surface area contributed by atoms with Crippen molar-refractivity contribution in [3.05, 3.63) is 20.9 Å². The number of esters is 1. The molecule has 4 nitrogen and oxygen atoms in total. The topological polar surface area (TPSA) is 48.4 Å². The minimum Gasteiger partial charge on any atom is -0.462 e. The highest BCUT2D eigenvalue weighted by Gasteiger charge is 2.35. The summed E-state index contributed by atoms with van der Waals surface area (Å²) < 4.78 is 45.9. The molecule has 0 amide bonds. The van der Waals surface area contributed by atoms with E-state index in [1.807, 2.05) is 22.6 Å². The summed E-state index contributed by atoms with van der Waals surface area (Å²) in [4.78, 5) is 15.3. The standard InChI is InChI=1S/C10H8BrF3INO3/c1-2-18-9(17)7-5(3-11)6(15)4-16-8(7)19-10(12,13)14/h4H,2-3H2,1H3. The number of carbonyl (C=O) groups excluding carboxylic acids is 1. The molecule has 1 aromatic rings. The molecule has 0 aliphatic rings. The van der Waals surface area contributed by atoms with Crippen molar-refractivity contribution in [1.29, 1.82) is 0 Å². The van der Waals surface area contributed by atoms with Gasteiger partial charge in [0, 0.05) is 15.1 Å². The molecule has 0 N–H and O–H groups in total. The van der Waals surface area contributed by atoms with Crippen molar-refractivity contribution >= 4 is 44.5 Å². The number of nitrogens with zero attached hydrogens (tertiary/aromatic N) is 1. The number of hydrogen-bond acceptors (Lipinski definition) is 4. The molecule has 0 atom stereocenters. The number of pyridine rings is 1. The number of halogens is 5. The molecule has 0 fully saturated rings. The number of rotatable bonds is 4. The van der Waals surface area contributed by atoms with Gasteiger partial charge < -0.3 is 9.47 Å². The first-order chi connectivity index (χ1) is 8.80. The zero-order valence-electron chi connectivity index (χ0n) is 9.55. The largest absolute Gasteiger partial charge is 0.574 e. The van der Waals surface area contributed by atoms with Gasteiger partial charge in [0.15, 0.2) is 0 Å². The fraction of sp³-hybridized carbons (Fsp3) is 0.400. The Labute approximate surface area is 128 Å². The lowest BCUT2D eigenvalue weighted by Gasteiger charge is -2.14. The van der Waals surface area contributed by atoms with Crippen LogP contribution >= 0.6 is 38.5 Å². The molecule has 0 aliphatic heterocycles. The number of ether oxygens (including phenoxy) is 2. The second-order valence-electron chi connectivity index (χ2n) is 3.17. The molecule has 0 unspecified atom stereocenters. The third kappa shape index (κ3) is 4.48. The Balaban J connectivity index is 3.34. The van der Waals surface area contributed by atoms with Gasteiger partial charge in [-0.25, -0.2) is 9.78 Å². The third-order valence-corrected chi connectivity index (χ3v) is 3.42. The first-order valence-corrected chi connectivity index (χ1v) is 7.16. The van der Waals surface area contributed by atoms with Crippen LogP contribution in [0.4, 0.5) is 13.2 Å². The molecule has 0 saturated heterocycles. The van der Waals surface area contributed by atoms with E-state index in [0.29, 0.717) is 9.13 Å². The average Bonchev–Trinajstić information content (AvgIpc) is 2.29. The SMILES string of the molecule is CCOC(=O)c1c(OC(F)(F)F)ncc(I)c1CBr. The van der Waals surface area contributed by atoms with E-state index in [0.717, 1.165) is 0 Å². The molecule has 1 heterocycles. The van der Waals surface area contributed by atoms with Gasteiger partial charge in [-0.05, 0) is 35.1 Å². The van der Waals surface area contributed by atoms with Crippen LogP contribution < -0.4 is 4.74 Å². The van der Waals surface area contributed by atoms with Crippen molar-refractivity contribution in [2.45, 2.75) is 18.6 Å². The van der Waals surface area contributed by atoms with Crippen LogP contribution in [0.15, 0.2) is 6.20 Å². The Bertz CT molecular complexity index is 482. The molecule has 19 heavy (non-hydrogen) atoms. The van der Waals surface area contributed by atoms with Gasteiger partial charge in [-0.15, -0.1) is 13.2 Å². The van der Waals surface area contributed by atoms with E-state index in [1.54, 1.807) is 6.92 Å². The summed E-state index contributed by atoms with van der Waals surface area (Å²) in [5.74, 6) is -1.71. The molecule has 0 aromatic carbocycles. The number of aromatic nitrogens is 1. The molecule has 0 bridgehead atoms. The smallest absolute Gasteiger partial charge is 0.462 e. The lowest BCUT2D eigenvalue weighted by atomic mass is 10.1. The summed E-state index contributed by atoms with van der Waals surface area (Å²) in [7, 11) is 0. The minimum atomic E-state index is -4.93. The van der Waals surface area contributed by atoms with Crippen molar-refractivity contribution in [1.82, 2.24) is 4.98 Å². The monoisotopic (exact) mass is 453 g/mol. The van der Waals surface area contributed by atoms with Crippen LogP contribution in [0.2, 0.25) is 0 Å². The van der Waals surface area contributed by atoms with Gasteiger partial charge in [0.05, 0.1) is 6.61 Å². The molecule has 1 aromatic heterocycles. The highest BCUT2D eigenvalue weighted by Crippen LogP contribution is 2.30. The molecule has 106 valence electrons. The maximum atomic E-state index is 12.3. The van der Waals surface area contributed by atoms with Gasteiger partial charge in [-0.1, -0.05) is 15.9 Å². The fourth-order valence-electron chi connectivity index (χ4n) is 1.24. The second kappa shape index (κ2) is 6.73. The zero-order chi connectivity index (χ0) is 14.6. The number of hydrogen-bond donors (Lipinski definition) is 0. The lowest BCUT2D eigenvalue weighted by molar-refractivity contribution is -0.276. The highest BCUT2D eigenvalue weighted by atomic mass is 127. The Morgan fingerprint density at radius 3 is 2.63 bits per heavy atom. The normalized spacial score (nSPS) is 11.3. The summed E-state index contributed by atoms with van der Waals surface area (Å²) in [6, 6.07) is 0. The van der Waals surface area contributed by atoms with Gasteiger partial charge in [0.25, 0.3) is 0 Å². The van der Waals surface area contributed by atoms with Crippen molar-refractivity contribution in [3.8, 4) is 5.88 Å². The summed E-state index contributed by atoms with van der Waals surface area (Å²) >= 11 is 4.98. The van der Waals surface area contributed by atoms with Crippen LogP contribution in [0.25, 0.3) is 0 Å². The molecule has 9 heteroatoms. The first kappa shape index (κ1) is 16.5. The van der Waals surface area contributed by atoms with Crippen molar-refractivity contribution in [2.75, 3.05) is 6.61 Å². The van der Waals surface area contributed by atoms with Gasteiger partial charge >= 0.3 is 12.3 Å². The number of alkyl halides is 4. The summed E-state index contributed by atoms with van der Waals surface area (Å²) in [6.07, 6.45) is -3.73. The molecule has 0 spiro atoms. The van der Waals surface area contributed by atoms with E-state index in [2.05, 4.69) is 25.7 Å². The predicted octanol–water partition coefficient (Wildman–Crippen LogP) is 3.66. The van der Waals surface area contributed by atoms with Gasteiger partial charge in [-0.2, -0.15) is 0 Å². The fourth-order valence-corrected chi connectivity index (χ4v) is 2.94. The van der Waals surface area contributed by atoms with Crippen LogP contribution in [0, 0.1) is 3.57 Å². The number of carbonyl (C=O) groups is 1. The van der Waals surface area contributed by atoms with Crippen LogP contribution in [-0.4, -0.2) is 23.9 Å². The van der Waals surface area contributed by atoms with Crippen LogP contribution in [0.5, 0.6) is 5.88 Å². The lowest BCUT2D eigenvalue weighted by Crippen LogP contribution is -2.21. The molecule has 0 aliphatic carbocycles. The maximum Gasteiger partial charge on any atom is 0.574 e. The third-order valence-electron chi connectivity index (χ3n) is 1.92. The Kier molecular flexibility index (Phi) is 5.83. The zero-order valence-corrected chi connectivity index (χ0v) is 13.3. The summed E-state index contributed by atoms with van der Waals surface area (Å²) in [5.41, 5.74) is 0.0243. The van der Waals surface area contributed by atoms with E-state index < -0.39 is 18.2 Å². The van der Waals surface area contributed by atoms with Crippen molar-refractivity contribution in [2.24, 2.45) is 0 Å². The van der Waals surface area contributed by atoms with Crippen molar-refractivity contribution in [3.63, 3.8) is 0 Å². The Morgan fingerprint density at radius 2 is 2.16 bits per heavy atom. The molecular weight excluding hydrogens is 446 g/mol. The highest BCUT2D eigenvalue weighted by molar-refractivity contribution is 14.1. The van der Waals surface area contributed by atoms with E-state index in [-0.39, 0.29) is 17.5 Å². The summed E-state index contributed by atoms with van der Waals surface area (Å²) in [5, 5.41) is 0.177. The Morgan fingerprint density at radius 1 is 1.53 bits per heavy atom. The van der Waals surface area contributed by atoms with E-state index in [9.17, 15) is 18.0 Å². The molecule has 1 rings (SSSR count). The van der Waals surface area contributed by atoms with Crippen molar-refractivity contribution < 1.29 is 27.4 Å². The molecular formula is C10H8BrF3INO3. The minimum absolute atomic E-state index is 0.0392. The van der Waals surface area contributed by atoms with Gasteiger partial charge in [-0.3, -0.25) is 0 Å². The van der Waals surface area contributed by atoms with E-state index >= 15 is 0 Å². The molecule has 0 radical (unpaired) electrons. The van der Waals surface area contributed by atoms with Crippen LogP contribution in [0.3, 0.4) is 0 Å². The summed E-state index contributed by atoms with van der Waals surface area (Å²) in [6.45, 7) is 1.59.